The molecule has 0 saturated heterocycles. The number of nitrogens with zero attached hydrogens (tertiary/aromatic N) is 2. The van der Waals surface area contributed by atoms with Crippen molar-refractivity contribution < 1.29 is 30.0 Å². The Bertz CT molecular complexity index is 1630. The molecular weight excluding hydrogens is 725 g/mol. The summed E-state index contributed by atoms with van der Waals surface area (Å²) in [7, 11) is -1.54. The molecule has 5 rings (SSSR count). The number of pyridine rings is 2. The van der Waals surface area contributed by atoms with Gasteiger partial charge in [0.1, 0.15) is 8.07 Å². The van der Waals surface area contributed by atoms with Gasteiger partial charge in [-0.3, -0.25) is 9.78 Å². The van der Waals surface area contributed by atoms with Gasteiger partial charge in [0.2, 0.25) is 0 Å². The third-order valence-electron chi connectivity index (χ3n) is 8.96. The van der Waals surface area contributed by atoms with Gasteiger partial charge in [-0.1, -0.05) is 96.2 Å². The van der Waals surface area contributed by atoms with Gasteiger partial charge >= 0.3 is 0 Å². The maximum absolute atomic E-state index is 11.7. The van der Waals surface area contributed by atoms with Crippen LogP contribution in [-0.2, 0) is 30.3 Å². The molecule has 2 aromatic carbocycles. The molecule has 43 heavy (non-hydrogen) atoms. The summed E-state index contributed by atoms with van der Waals surface area (Å²) >= 11 is 0. The zero-order valence-electron chi connectivity index (χ0n) is 27.3. The van der Waals surface area contributed by atoms with Gasteiger partial charge in [0.25, 0.3) is 0 Å². The van der Waals surface area contributed by atoms with E-state index in [0.717, 1.165) is 42.5 Å². The van der Waals surface area contributed by atoms with Crippen LogP contribution in [0, 0.1) is 17.9 Å². The molecule has 0 aliphatic heterocycles. The van der Waals surface area contributed by atoms with E-state index in [1.165, 1.54) is 38.7 Å². The van der Waals surface area contributed by atoms with E-state index in [4.69, 9.17) is 9.97 Å². The standard InChI is InChI=1S/C24H23N2Si.C13H24O2.Ir/c1-24(2)18-14-20(27(3,4)5)26-19-12-13-25-23(21(18)19)17-11-10-15-8-6-7-9-16(15)22(17)24;1-5-10(6-2)12(14)9-13(15)11(7-3)8-4;/h6-10,12-14H,1-5H3;9-11,14H,5-8H2,1-4H3;/q-1;;/b;12-9-;. The Labute approximate surface area is 272 Å². The summed E-state index contributed by atoms with van der Waals surface area (Å²) in [5, 5.41) is 14.8. The van der Waals surface area contributed by atoms with Crippen molar-refractivity contribution in [2.24, 2.45) is 11.8 Å². The Hall–Kier alpha value is -2.66. The van der Waals surface area contributed by atoms with E-state index in [9.17, 15) is 9.90 Å². The molecule has 2 aromatic heterocycles. The molecule has 231 valence electrons. The molecule has 6 heteroatoms. The molecule has 0 saturated carbocycles. The Kier molecular flexibility index (Phi) is 11.3. The first kappa shape index (κ1) is 34.8. The predicted molar refractivity (Wildman–Crippen MR) is 180 cm³/mol. The first-order valence-corrected chi connectivity index (χ1v) is 19.1. The maximum Gasteiger partial charge on any atom is 0.162 e. The van der Waals surface area contributed by atoms with Gasteiger partial charge in [-0.15, -0.1) is 23.3 Å². The Balaban J connectivity index is 0.000000274. The molecule has 1 aliphatic rings. The second kappa shape index (κ2) is 14.0. The number of aliphatic hydroxyl groups is 1. The van der Waals surface area contributed by atoms with E-state index in [0.29, 0.717) is 0 Å². The SMILES string of the molecule is CC1(C)c2c([c-]cc3ccccc23)-c2nccc3nc([Si](C)(C)C)cc1c23.CCC(CC)C(=O)/C=C(\O)C(CC)CC.[Ir]. The fourth-order valence-corrected chi connectivity index (χ4v) is 7.24. The van der Waals surface area contributed by atoms with E-state index in [1.54, 1.807) is 0 Å². The van der Waals surface area contributed by atoms with Crippen LogP contribution < -0.4 is 5.32 Å². The van der Waals surface area contributed by atoms with Crippen LogP contribution in [0.1, 0.15) is 78.4 Å². The molecule has 0 amide bonds. The van der Waals surface area contributed by atoms with E-state index >= 15 is 0 Å². The second-order valence-electron chi connectivity index (χ2n) is 13.1. The van der Waals surface area contributed by atoms with Gasteiger partial charge in [0.15, 0.2) is 5.78 Å². The smallest absolute Gasteiger partial charge is 0.162 e. The summed E-state index contributed by atoms with van der Waals surface area (Å²) < 4.78 is 0. The fourth-order valence-electron chi connectivity index (χ4n) is 6.21. The first-order chi connectivity index (χ1) is 19.9. The van der Waals surface area contributed by atoms with Crippen LogP contribution in [0.25, 0.3) is 32.9 Å². The van der Waals surface area contributed by atoms with Crippen LogP contribution in [-0.4, -0.2) is 28.9 Å². The van der Waals surface area contributed by atoms with Crippen LogP contribution in [0.15, 0.2) is 60.5 Å². The average molecular weight is 772 g/mol. The number of aromatic nitrogens is 2. The van der Waals surface area contributed by atoms with Crippen molar-refractivity contribution >= 4 is 40.8 Å². The van der Waals surface area contributed by atoms with Gasteiger partial charge in [0, 0.05) is 49.5 Å². The summed E-state index contributed by atoms with van der Waals surface area (Å²) in [6.07, 6.45) is 6.80. The minimum absolute atomic E-state index is 0. The minimum atomic E-state index is -1.54. The Morgan fingerprint density at radius 2 is 1.63 bits per heavy atom. The maximum atomic E-state index is 11.7. The van der Waals surface area contributed by atoms with E-state index in [2.05, 4.69) is 82.0 Å². The number of carbonyl (C=O) groups excluding carboxylic acids is 1. The molecule has 0 atom stereocenters. The molecule has 0 unspecified atom stereocenters. The van der Waals surface area contributed by atoms with Crippen molar-refractivity contribution in [2.45, 2.75) is 92.3 Å². The average Bonchev–Trinajstić information content (AvgIpc) is 2.96. The fraction of sp³-hybridized carbons (Fsp3) is 0.432. The molecular formula is C37H47IrN2O2Si-. The number of carbonyl (C=O) groups is 1. The van der Waals surface area contributed by atoms with E-state index in [1.807, 2.05) is 33.9 Å². The summed E-state index contributed by atoms with van der Waals surface area (Å²) in [6, 6.07) is 18.7. The van der Waals surface area contributed by atoms with Gasteiger partial charge in [-0.25, -0.2) is 0 Å². The zero-order chi connectivity index (χ0) is 30.8. The Morgan fingerprint density at radius 3 is 2.23 bits per heavy atom. The van der Waals surface area contributed by atoms with Gasteiger partial charge in [-0.2, -0.15) is 0 Å². The third kappa shape index (κ3) is 6.87. The van der Waals surface area contributed by atoms with Crippen LogP contribution in [0.4, 0.5) is 0 Å². The van der Waals surface area contributed by atoms with Crippen LogP contribution in [0.5, 0.6) is 0 Å². The summed E-state index contributed by atoms with van der Waals surface area (Å²) in [5.74, 6) is 0.547. The van der Waals surface area contributed by atoms with Crippen LogP contribution in [0.3, 0.4) is 0 Å². The van der Waals surface area contributed by atoms with E-state index < -0.39 is 8.07 Å². The summed E-state index contributed by atoms with van der Waals surface area (Å²) in [4.78, 5) is 21.6. The number of allylic oxidation sites excluding steroid dienone is 2. The molecule has 0 fully saturated rings. The predicted octanol–water partition coefficient (Wildman–Crippen LogP) is 9.30. The van der Waals surface area contributed by atoms with Crippen molar-refractivity contribution in [3.05, 3.63) is 77.7 Å². The number of hydrogen-bond donors (Lipinski definition) is 1. The van der Waals surface area contributed by atoms with Crippen molar-refractivity contribution in [3.8, 4) is 11.3 Å². The monoisotopic (exact) mass is 772 g/mol. The number of ketones is 1. The summed E-state index contributed by atoms with van der Waals surface area (Å²) in [5.41, 5.74) is 5.77. The molecule has 1 N–H and O–H groups in total. The van der Waals surface area contributed by atoms with Crippen molar-refractivity contribution in [1.29, 1.82) is 0 Å². The minimum Gasteiger partial charge on any atom is -0.512 e. The molecule has 4 nitrogen and oxygen atoms in total. The Morgan fingerprint density at radius 1 is 1.00 bits per heavy atom. The quantitative estimate of drug-likeness (QED) is 0.0840. The third-order valence-corrected chi connectivity index (χ3v) is 10.8. The zero-order valence-corrected chi connectivity index (χ0v) is 30.7. The van der Waals surface area contributed by atoms with Gasteiger partial charge in [0.05, 0.1) is 11.3 Å². The number of rotatable bonds is 8. The molecule has 2 heterocycles. The molecule has 4 aromatic rings. The van der Waals surface area contributed by atoms with Crippen molar-refractivity contribution in [1.82, 2.24) is 9.97 Å². The van der Waals surface area contributed by atoms with Crippen LogP contribution in [0.2, 0.25) is 19.6 Å². The molecule has 1 aliphatic carbocycles. The number of hydrogen-bond acceptors (Lipinski definition) is 4. The van der Waals surface area contributed by atoms with Crippen molar-refractivity contribution in [3.63, 3.8) is 0 Å². The number of fused-ring (bicyclic) bond motifs is 4. The normalized spacial score (nSPS) is 13.9. The van der Waals surface area contributed by atoms with Gasteiger partial charge in [-0.05, 0) is 59.9 Å². The molecule has 0 spiro atoms. The topological polar surface area (TPSA) is 63.1 Å². The summed E-state index contributed by atoms with van der Waals surface area (Å²) in [6.45, 7) is 19.8. The first-order valence-electron chi connectivity index (χ1n) is 15.6. The molecule has 1 radical (unpaired) electrons. The van der Waals surface area contributed by atoms with Gasteiger partial charge < -0.3 is 10.1 Å². The number of benzene rings is 2. The second-order valence-corrected chi connectivity index (χ2v) is 18.1. The van der Waals surface area contributed by atoms with E-state index in [-0.39, 0.29) is 48.9 Å². The van der Waals surface area contributed by atoms with Crippen molar-refractivity contribution in [2.75, 3.05) is 0 Å². The molecule has 0 bridgehead atoms. The van der Waals surface area contributed by atoms with Crippen LogP contribution >= 0.6 is 0 Å². The largest absolute Gasteiger partial charge is 0.512 e. The number of aliphatic hydroxyl groups excluding tert-OH is 1.